The molecule has 2 aromatic carbocycles. The molecule has 0 bridgehead atoms. The molecule has 2 rings (SSSR count). The first-order valence-corrected chi connectivity index (χ1v) is 11.5. The summed E-state index contributed by atoms with van der Waals surface area (Å²) in [5.74, 6) is -0.280. The molecule has 0 aliphatic heterocycles. The summed E-state index contributed by atoms with van der Waals surface area (Å²) in [6.07, 6.45) is 0. The van der Waals surface area contributed by atoms with Gasteiger partial charge in [-0.3, -0.25) is 9.69 Å². The second-order valence-electron chi connectivity index (χ2n) is 7.06. The fraction of sp³-hybridized carbons (Fsp3) is 0.409. The smallest absolute Gasteiger partial charge is 0.251 e. The zero-order valence-electron chi connectivity index (χ0n) is 17.6. The highest BCUT2D eigenvalue weighted by molar-refractivity contribution is 7.89. The number of likely N-dealkylation sites (N-methyl/N-ethyl adjacent to an activating group) is 1. The molecule has 29 heavy (non-hydrogen) atoms. The largest absolute Gasteiger partial charge is 0.350 e. The van der Waals surface area contributed by atoms with E-state index < -0.39 is 10.0 Å². The van der Waals surface area contributed by atoms with Crippen LogP contribution in [0.1, 0.15) is 49.7 Å². The Bertz CT molecular complexity index is 897. The van der Waals surface area contributed by atoms with Gasteiger partial charge in [0.25, 0.3) is 5.91 Å². The van der Waals surface area contributed by atoms with Crippen LogP contribution in [0.4, 0.5) is 0 Å². The molecule has 1 amide bonds. The number of carbonyl (C=O) groups excluding carboxylic acids is 1. The maximum Gasteiger partial charge on any atom is 0.251 e. The van der Waals surface area contributed by atoms with Crippen molar-refractivity contribution in [1.82, 2.24) is 14.9 Å². The highest BCUT2D eigenvalue weighted by atomic mass is 32.2. The second kappa shape index (κ2) is 10.5. The first kappa shape index (κ1) is 23.1. The summed E-state index contributed by atoms with van der Waals surface area (Å²) < 4.78 is 28.2. The van der Waals surface area contributed by atoms with Crippen molar-refractivity contribution in [3.05, 3.63) is 65.7 Å². The molecule has 0 aliphatic rings. The summed E-state index contributed by atoms with van der Waals surface area (Å²) in [5.41, 5.74) is 1.20. The van der Waals surface area contributed by atoms with Gasteiger partial charge < -0.3 is 5.32 Å². The lowest BCUT2D eigenvalue weighted by Crippen LogP contribution is -2.42. The molecule has 0 heterocycles. The standard InChI is InChI=1S/C22H31N3O3S/c1-5-25(6-2)17(3)16-23-22(26)20-13-10-14-21(15-20)29(27,28)24-18(4)19-11-8-7-9-12-19/h7-15,17-18,24H,5-6,16H2,1-4H3,(H,23,26). The zero-order valence-corrected chi connectivity index (χ0v) is 18.4. The Kier molecular flexibility index (Phi) is 8.37. The molecule has 0 aromatic heterocycles. The molecule has 0 fully saturated rings. The van der Waals surface area contributed by atoms with E-state index in [9.17, 15) is 13.2 Å². The van der Waals surface area contributed by atoms with Crippen LogP contribution >= 0.6 is 0 Å². The lowest BCUT2D eigenvalue weighted by molar-refractivity contribution is 0.0937. The average Bonchev–Trinajstić information content (AvgIpc) is 2.73. The van der Waals surface area contributed by atoms with E-state index >= 15 is 0 Å². The number of sulfonamides is 1. The molecular weight excluding hydrogens is 386 g/mol. The van der Waals surface area contributed by atoms with Gasteiger partial charge in [0.1, 0.15) is 0 Å². The van der Waals surface area contributed by atoms with Gasteiger partial charge in [-0.05, 0) is 50.7 Å². The van der Waals surface area contributed by atoms with E-state index in [1.54, 1.807) is 19.1 Å². The predicted octanol–water partition coefficient (Wildman–Crippen LogP) is 3.19. The van der Waals surface area contributed by atoms with Gasteiger partial charge in [0.05, 0.1) is 4.90 Å². The number of hydrogen-bond donors (Lipinski definition) is 2. The van der Waals surface area contributed by atoms with Gasteiger partial charge in [-0.2, -0.15) is 0 Å². The minimum Gasteiger partial charge on any atom is -0.350 e. The molecular formula is C22H31N3O3S. The molecule has 2 atom stereocenters. The van der Waals surface area contributed by atoms with Crippen molar-refractivity contribution in [2.24, 2.45) is 0 Å². The normalized spacial score (nSPS) is 13.8. The summed E-state index contributed by atoms with van der Waals surface area (Å²) in [7, 11) is -3.75. The summed E-state index contributed by atoms with van der Waals surface area (Å²) in [6.45, 7) is 10.3. The van der Waals surface area contributed by atoms with Crippen LogP contribution in [0.5, 0.6) is 0 Å². The monoisotopic (exact) mass is 417 g/mol. The van der Waals surface area contributed by atoms with Gasteiger partial charge in [0.15, 0.2) is 0 Å². The molecule has 158 valence electrons. The predicted molar refractivity (Wildman–Crippen MR) is 116 cm³/mol. The van der Waals surface area contributed by atoms with Gasteiger partial charge >= 0.3 is 0 Å². The quantitative estimate of drug-likeness (QED) is 0.622. The first-order chi connectivity index (χ1) is 13.8. The number of rotatable bonds is 10. The Morgan fingerprint density at radius 3 is 2.28 bits per heavy atom. The van der Waals surface area contributed by atoms with Crippen LogP contribution in [0.2, 0.25) is 0 Å². The number of nitrogens with one attached hydrogen (secondary N) is 2. The lowest BCUT2D eigenvalue weighted by atomic mass is 10.1. The molecule has 2 aromatic rings. The molecule has 0 aliphatic carbocycles. The lowest BCUT2D eigenvalue weighted by Gasteiger charge is -2.26. The SMILES string of the molecule is CCN(CC)C(C)CNC(=O)c1cccc(S(=O)(=O)NC(C)c2ccccc2)c1. The highest BCUT2D eigenvalue weighted by Gasteiger charge is 2.20. The van der Waals surface area contributed by atoms with E-state index in [0.717, 1.165) is 18.7 Å². The summed E-state index contributed by atoms with van der Waals surface area (Å²) >= 11 is 0. The van der Waals surface area contributed by atoms with Crippen LogP contribution in [0.25, 0.3) is 0 Å². The number of amides is 1. The van der Waals surface area contributed by atoms with Crippen LogP contribution in [0.3, 0.4) is 0 Å². The van der Waals surface area contributed by atoms with E-state index in [2.05, 4.69) is 35.7 Å². The maximum absolute atomic E-state index is 12.8. The van der Waals surface area contributed by atoms with Crippen LogP contribution in [0.15, 0.2) is 59.5 Å². The van der Waals surface area contributed by atoms with Gasteiger partial charge in [-0.25, -0.2) is 13.1 Å². The van der Waals surface area contributed by atoms with E-state index in [0.29, 0.717) is 12.1 Å². The highest BCUT2D eigenvalue weighted by Crippen LogP contribution is 2.17. The molecule has 0 spiro atoms. The summed E-state index contributed by atoms with van der Waals surface area (Å²) in [6, 6.07) is 15.3. The van der Waals surface area contributed by atoms with E-state index in [1.807, 2.05) is 30.3 Å². The Morgan fingerprint density at radius 1 is 1.00 bits per heavy atom. The third-order valence-electron chi connectivity index (χ3n) is 5.03. The fourth-order valence-electron chi connectivity index (χ4n) is 3.23. The van der Waals surface area contributed by atoms with E-state index in [1.165, 1.54) is 12.1 Å². The minimum absolute atomic E-state index is 0.0738. The van der Waals surface area contributed by atoms with Gasteiger partial charge in [-0.1, -0.05) is 50.2 Å². The van der Waals surface area contributed by atoms with Gasteiger partial charge in [-0.15, -0.1) is 0 Å². The number of benzene rings is 2. The van der Waals surface area contributed by atoms with Gasteiger partial charge in [0.2, 0.25) is 10.0 Å². The van der Waals surface area contributed by atoms with Crippen LogP contribution in [-0.4, -0.2) is 44.9 Å². The van der Waals surface area contributed by atoms with Crippen molar-refractivity contribution >= 4 is 15.9 Å². The Balaban J connectivity index is 2.08. The van der Waals surface area contributed by atoms with Crippen molar-refractivity contribution in [2.45, 2.75) is 44.7 Å². The summed E-state index contributed by atoms with van der Waals surface area (Å²) in [4.78, 5) is 14.8. The number of nitrogens with zero attached hydrogens (tertiary/aromatic N) is 1. The second-order valence-corrected chi connectivity index (χ2v) is 8.78. The van der Waals surface area contributed by atoms with Crippen LogP contribution < -0.4 is 10.0 Å². The third-order valence-corrected chi connectivity index (χ3v) is 6.57. The third kappa shape index (κ3) is 6.39. The van der Waals surface area contributed by atoms with Crippen LogP contribution in [-0.2, 0) is 10.0 Å². The van der Waals surface area contributed by atoms with E-state index in [4.69, 9.17) is 0 Å². The van der Waals surface area contributed by atoms with Crippen molar-refractivity contribution in [3.63, 3.8) is 0 Å². The Morgan fingerprint density at radius 2 is 1.66 bits per heavy atom. The van der Waals surface area contributed by atoms with Crippen molar-refractivity contribution < 1.29 is 13.2 Å². The molecule has 2 unspecified atom stereocenters. The fourth-order valence-corrected chi connectivity index (χ4v) is 4.51. The molecule has 0 radical (unpaired) electrons. The molecule has 0 saturated heterocycles. The maximum atomic E-state index is 12.8. The van der Waals surface area contributed by atoms with Crippen molar-refractivity contribution in [2.75, 3.05) is 19.6 Å². The minimum atomic E-state index is -3.75. The molecule has 2 N–H and O–H groups in total. The molecule has 6 nitrogen and oxygen atoms in total. The number of carbonyl (C=O) groups is 1. The van der Waals surface area contributed by atoms with Crippen molar-refractivity contribution in [1.29, 1.82) is 0 Å². The molecule has 0 saturated carbocycles. The molecule has 7 heteroatoms. The Hall–Kier alpha value is -2.22. The zero-order chi connectivity index (χ0) is 21.4. The number of hydrogen-bond acceptors (Lipinski definition) is 4. The Labute approximate surface area is 174 Å². The van der Waals surface area contributed by atoms with Crippen LogP contribution in [0, 0.1) is 0 Å². The van der Waals surface area contributed by atoms with Crippen molar-refractivity contribution in [3.8, 4) is 0 Å². The summed E-state index contributed by atoms with van der Waals surface area (Å²) in [5, 5.41) is 2.90. The van der Waals surface area contributed by atoms with E-state index in [-0.39, 0.29) is 22.9 Å². The first-order valence-electron chi connectivity index (χ1n) is 9.98. The average molecular weight is 418 g/mol. The topological polar surface area (TPSA) is 78.5 Å². The van der Waals surface area contributed by atoms with Gasteiger partial charge in [0, 0.05) is 24.2 Å².